The van der Waals surface area contributed by atoms with Crippen molar-refractivity contribution in [3.05, 3.63) is 76.3 Å². The van der Waals surface area contributed by atoms with Crippen LogP contribution in [0.1, 0.15) is 32.0 Å². The molecule has 1 aromatic heterocycles. The average molecular weight is 337 g/mol. The summed E-state index contributed by atoms with van der Waals surface area (Å²) in [5, 5.41) is 2.79. The van der Waals surface area contributed by atoms with Gasteiger partial charge in [-0.3, -0.25) is 4.79 Å². The summed E-state index contributed by atoms with van der Waals surface area (Å²) in [7, 11) is 0. The third-order valence-corrected chi connectivity index (χ3v) is 4.42. The number of aryl methyl sites for hydroxylation is 1. The van der Waals surface area contributed by atoms with E-state index in [2.05, 4.69) is 4.98 Å². The maximum Gasteiger partial charge on any atom is 0.338 e. The van der Waals surface area contributed by atoms with E-state index >= 15 is 0 Å². The maximum atomic E-state index is 12.0. The van der Waals surface area contributed by atoms with Crippen LogP contribution in [0.25, 0.3) is 10.6 Å². The molecule has 24 heavy (non-hydrogen) atoms. The number of carbonyl (C=O) groups excluding carboxylic acids is 2. The number of thiazole rings is 1. The minimum absolute atomic E-state index is 0.122. The Morgan fingerprint density at radius 3 is 2.50 bits per heavy atom. The predicted molar refractivity (Wildman–Crippen MR) is 93.2 cm³/mol. The molecule has 3 rings (SSSR count). The molecule has 0 fully saturated rings. The highest BCUT2D eigenvalue weighted by Gasteiger charge is 2.10. The van der Waals surface area contributed by atoms with E-state index in [4.69, 9.17) is 4.74 Å². The first kappa shape index (κ1) is 16.1. The zero-order valence-corrected chi connectivity index (χ0v) is 13.9. The molecule has 0 unspecified atom stereocenters. The molecule has 0 bridgehead atoms. The normalized spacial score (nSPS) is 10.4. The summed E-state index contributed by atoms with van der Waals surface area (Å²) >= 11 is 1.52. The van der Waals surface area contributed by atoms with Crippen LogP contribution in [0.5, 0.6) is 0 Å². The summed E-state index contributed by atoms with van der Waals surface area (Å²) in [6.45, 7) is 2.16. The van der Waals surface area contributed by atoms with Crippen molar-refractivity contribution in [3.63, 3.8) is 0 Å². The summed E-state index contributed by atoms with van der Waals surface area (Å²) in [5.74, 6) is -0.433. The third-order valence-electron chi connectivity index (χ3n) is 3.48. The van der Waals surface area contributed by atoms with Crippen LogP contribution in [-0.2, 0) is 11.3 Å². The van der Waals surface area contributed by atoms with Crippen LogP contribution >= 0.6 is 11.3 Å². The van der Waals surface area contributed by atoms with Crippen molar-refractivity contribution in [2.75, 3.05) is 0 Å². The van der Waals surface area contributed by atoms with E-state index < -0.39 is 5.97 Å². The fourth-order valence-electron chi connectivity index (χ4n) is 2.12. The van der Waals surface area contributed by atoms with Gasteiger partial charge < -0.3 is 4.74 Å². The number of aldehydes is 1. The summed E-state index contributed by atoms with van der Waals surface area (Å²) < 4.78 is 5.27. The molecule has 0 atom stereocenters. The van der Waals surface area contributed by atoms with Gasteiger partial charge in [0.2, 0.25) is 0 Å². The monoisotopic (exact) mass is 337 g/mol. The smallest absolute Gasteiger partial charge is 0.338 e. The standard InChI is InChI=1S/C19H15NO3S/c1-13-2-6-15(7-3-13)18-20-17(12-24-18)11-23-19(22)16-8-4-14(10-21)5-9-16/h2-10,12H,11H2,1H3. The number of nitrogens with zero attached hydrogens (tertiary/aromatic N) is 1. The molecule has 5 heteroatoms. The number of esters is 1. The molecule has 0 aliphatic carbocycles. The van der Waals surface area contributed by atoms with Gasteiger partial charge in [0.25, 0.3) is 0 Å². The fraction of sp³-hybridized carbons (Fsp3) is 0.105. The lowest BCUT2D eigenvalue weighted by molar-refractivity contribution is 0.0468. The second-order valence-corrected chi connectivity index (χ2v) is 6.18. The Morgan fingerprint density at radius 2 is 1.83 bits per heavy atom. The van der Waals surface area contributed by atoms with Crippen LogP contribution in [-0.4, -0.2) is 17.2 Å². The largest absolute Gasteiger partial charge is 0.456 e. The van der Waals surface area contributed by atoms with Crippen molar-refractivity contribution in [2.45, 2.75) is 13.5 Å². The molecule has 120 valence electrons. The fourth-order valence-corrected chi connectivity index (χ4v) is 2.93. The first-order valence-electron chi connectivity index (χ1n) is 7.39. The van der Waals surface area contributed by atoms with Crippen molar-refractivity contribution in [1.29, 1.82) is 0 Å². The van der Waals surface area contributed by atoms with Gasteiger partial charge in [0.15, 0.2) is 0 Å². The molecule has 2 aromatic carbocycles. The third kappa shape index (κ3) is 3.75. The van der Waals surface area contributed by atoms with Crippen LogP contribution in [0.15, 0.2) is 53.9 Å². The molecule has 0 saturated carbocycles. The van der Waals surface area contributed by atoms with Crippen molar-refractivity contribution < 1.29 is 14.3 Å². The summed E-state index contributed by atoms with van der Waals surface area (Å²) in [6, 6.07) is 14.5. The van der Waals surface area contributed by atoms with E-state index in [-0.39, 0.29) is 6.61 Å². The summed E-state index contributed by atoms with van der Waals surface area (Å²) in [4.78, 5) is 27.1. The van der Waals surface area contributed by atoms with Gasteiger partial charge in [0, 0.05) is 16.5 Å². The van der Waals surface area contributed by atoms with Crippen molar-refractivity contribution in [3.8, 4) is 10.6 Å². The van der Waals surface area contributed by atoms with Crippen LogP contribution < -0.4 is 0 Å². The van der Waals surface area contributed by atoms with Crippen LogP contribution in [0.3, 0.4) is 0 Å². The van der Waals surface area contributed by atoms with Gasteiger partial charge in [-0.05, 0) is 19.1 Å². The van der Waals surface area contributed by atoms with Crippen molar-refractivity contribution in [1.82, 2.24) is 4.98 Å². The van der Waals surface area contributed by atoms with Crippen LogP contribution in [0, 0.1) is 6.92 Å². The van der Waals surface area contributed by atoms with Gasteiger partial charge in [0.05, 0.1) is 11.3 Å². The van der Waals surface area contributed by atoms with Gasteiger partial charge in [-0.15, -0.1) is 11.3 Å². The molecule has 0 saturated heterocycles. The predicted octanol–water partition coefficient (Wildman–Crippen LogP) is 4.29. The Bertz CT molecular complexity index is 851. The molecule has 0 N–H and O–H groups in total. The number of aromatic nitrogens is 1. The molecule has 0 radical (unpaired) electrons. The van der Waals surface area contributed by atoms with Gasteiger partial charge in [0.1, 0.15) is 17.9 Å². The molecule has 4 nitrogen and oxygen atoms in total. The van der Waals surface area contributed by atoms with E-state index in [1.54, 1.807) is 24.3 Å². The quantitative estimate of drug-likeness (QED) is 0.515. The second-order valence-electron chi connectivity index (χ2n) is 5.33. The van der Waals surface area contributed by atoms with E-state index in [9.17, 15) is 9.59 Å². The highest BCUT2D eigenvalue weighted by atomic mass is 32.1. The Hall–Kier alpha value is -2.79. The van der Waals surface area contributed by atoms with Gasteiger partial charge in [-0.1, -0.05) is 42.0 Å². The van der Waals surface area contributed by atoms with E-state index in [0.717, 1.165) is 16.9 Å². The lowest BCUT2D eigenvalue weighted by atomic mass is 10.1. The molecule has 0 aliphatic heterocycles. The molecule has 3 aromatic rings. The molecule has 0 amide bonds. The summed E-state index contributed by atoms with van der Waals surface area (Å²) in [5.41, 5.74) is 3.90. The molecule has 0 spiro atoms. The SMILES string of the molecule is Cc1ccc(-c2nc(COC(=O)c3ccc(C=O)cc3)cs2)cc1. The van der Waals surface area contributed by atoms with E-state index in [0.29, 0.717) is 16.8 Å². The van der Waals surface area contributed by atoms with Gasteiger partial charge in [-0.25, -0.2) is 9.78 Å². The Balaban J connectivity index is 1.63. The Kier molecular flexibility index (Phi) is 4.82. The minimum atomic E-state index is -0.433. The van der Waals surface area contributed by atoms with Crippen molar-refractivity contribution in [2.24, 2.45) is 0 Å². The van der Waals surface area contributed by atoms with E-state index in [1.807, 2.05) is 36.6 Å². The summed E-state index contributed by atoms with van der Waals surface area (Å²) in [6.07, 6.45) is 0.733. The Labute approximate surface area is 143 Å². The zero-order chi connectivity index (χ0) is 16.9. The number of hydrogen-bond acceptors (Lipinski definition) is 5. The van der Waals surface area contributed by atoms with Crippen LogP contribution in [0.2, 0.25) is 0 Å². The van der Waals surface area contributed by atoms with Crippen molar-refractivity contribution >= 4 is 23.6 Å². The van der Waals surface area contributed by atoms with Gasteiger partial charge in [-0.2, -0.15) is 0 Å². The first-order chi connectivity index (χ1) is 11.7. The minimum Gasteiger partial charge on any atom is -0.456 e. The highest BCUT2D eigenvalue weighted by molar-refractivity contribution is 7.13. The zero-order valence-electron chi connectivity index (χ0n) is 13.1. The number of ether oxygens (including phenoxy) is 1. The number of hydrogen-bond donors (Lipinski definition) is 0. The lowest BCUT2D eigenvalue weighted by Crippen LogP contribution is -2.05. The molecular weight excluding hydrogens is 322 g/mol. The topological polar surface area (TPSA) is 56.3 Å². The maximum absolute atomic E-state index is 12.0. The van der Waals surface area contributed by atoms with Crippen LogP contribution in [0.4, 0.5) is 0 Å². The average Bonchev–Trinajstić information content (AvgIpc) is 3.09. The second kappa shape index (κ2) is 7.19. The number of carbonyl (C=O) groups is 2. The lowest BCUT2D eigenvalue weighted by Gasteiger charge is -2.03. The molecule has 1 heterocycles. The Morgan fingerprint density at radius 1 is 1.12 bits per heavy atom. The number of benzene rings is 2. The van der Waals surface area contributed by atoms with E-state index in [1.165, 1.54) is 16.9 Å². The molecular formula is C19H15NO3S. The number of rotatable bonds is 5. The molecule has 0 aliphatic rings. The first-order valence-corrected chi connectivity index (χ1v) is 8.27. The highest BCUT2D eigenvalue weighted by Crippen LogP contribution is 2.24. The van der Waals surface area contributed by atoms with Gasteiger partial charge >= 0.3 is 5.97 Å².